The van der Waals surface area contributed by atoms with Crippen molar-refractivity contribution in [2.75, 3.05) is 0 Å². The largest absolute Gasteiger partial charge is 0.345 e. The first-order valence-electron chi connectivity index (χ1n) is 3.78. The van der Waals surface area contributed by atoms with Gasteiger partial charge in [0, 0.05) is 10.9 Å². The molecule has 14 heavy (non-hydrogen) atoms. The second-order valence-electron chi connectivity index (χ2n) is 2.91. The summed E-state index contributed by atoms with van der Waals surface area (Å²) >= 11 is 0. The molecule has 0 unspecified atom stereocenters. The lowest BCUT2D eigenvalue weighted by Crippen LogP contribution is -2.12. The number of sulfonamides is 1. The molecule has 0 fully saturated rings. The molecule has 0 saturated carbocycles. The Bertz CT molecular complexity index is 588. The average Bonchev–Trinajstić information content (AvgIpc) is 2.45. The van der Waals surface area contributed by atoms with Crippen molar-refractivity contribution in [1.29, 1.82) is 0 Å². The number of hydrogen-bond acceptors (Lipinski definition) is 2. The van der Waals surface area contributed by atoms with E-state index in [1.165, 1.54) is 24.3 Å². The number of aromatic amines is 1. The van der Waals surface area contributed by atoms with E-state index in [2.05, 4.69) is 4.98 Å². The van der Waals surface area contributed by atoms with Crippen molar-refractivity contribution in [2.45, 2.75) is 5.03 Å². The lowest BCUT2D eigenvalue weighted by Gasteiger charge is -1.89. The number of rotatable bonds is 1. The van der Waals surface area contributed by atoms with E-state index in [1.54, 1.807) is 0 Å². The van der Waals surface area contributed by atoms with Gasteiger partial charge in [-0.1, -0.05) is 0 Å². The standard InChI is InChI=1S/C8H7FN2O2S/c9-6-1-2-7-5(3-6)4-8(11-7)14(10,12)13/h1-4,11H,(H2,10,12,13). The van der Waals surface area contributed by atoms with Crippen molar-refractivity contribution in [2.24, 2.45) is 5.14 Å². The molecule has 0 aliphatic heterocycles. The third kappa shape index (κ3) is 1.49. The van der Waals surface area contributed by atoms with Crippen LogP contribution in [0.4, 0.5) is 4.39 Å². The van der Waals surface area contributed by atoms with E-state index in [4.69, 9.17) is 5.14 Å². The summed E-state index contributed by atoms with van der Waals surface area (Å²) in [5.74, 6) is -0.419. The first-order chi connectivity index (χ1) is 6.47. The highest BCUT2D eigenvalue weighted by Gasteiger charge is 2.11. The van der Waals surface area contributed by atoms with Gasteiger partial charge in [-0.3, -0.25) is 0 Å². The molecule has 0 aliphatic rings. The number of fused-ring (bicyclic) bond motifs is 1. The molecule has 1 aromatic heterocycles. The van der Waals surface area contributed by atoms with Crippen LogP contribution in [-0.4, -0.2) is 13.4 Å². The third-order valence-electron chi connectivity index (χ3n) is 1.86. The minimum atomic E-state index is -3.76. The van der Waals surface area contributed by atoms with Gasteiger partial charge >= 0.3 is 0 Å². The molecule has 0 radical (unpaired) electrons. The smallest absolute Gasteiger partial charge is 0.253 e. The molecule has 0 bridgehead atoms. The maximum absolute atomic E-state index is 12.7. The lowest BCUT2D eigenvalue weighted by atomic mass is 10.2. The van der Waals surface area contributed by atoms with Crippen LogP contribution < -0.4 is 5.14 Å². The van der Waals surface area contributed by atoms with Gasteiger partial charge in [-0.2, -0.15) is 0 Å². The van der Waals surface area contributed by atoms with Gasteiger partial charge in [-0.05, 0) is 24.3 Å². The van der Waals surface area contributed by atoms with Gasteiger partial charge in [0.25, 0.3) is 10.0 Å². The minimum absolute atomic E-state index is 0.113. The number of primary sulfonamides is 1. The molecule has 0 spiro atoms. The molecule has 0 atom stereocenters. The summed E-state index contributed by atoms with van der Waals surface area (Å²) in [6.07, 6.45) is 0. The molecule has 2 aromatic rings. The maximum Gasteiger partial charge on any atom is 0.253 e. The Kier molecular flexibility index (Phi) is 1.83. The predicted octanol–water partition coefficient (Wildman–Crippen LogP) is 0.954. The van der Waals surface area contributed by atoms with Gasteiger partial charge in [-0.15, -0.1) is 0 Å². The van der Waals surface area contributed by atoms with Crippen molar-refractivity contribution in [3.05, 3.63) is 30.1 Å². The van der Waals surface area contributed by atoms with Gasteiger partial charge in [-0.25, -0.2) is 17.9 Å². The topological polar surface area (TPSA) is 76.0 Å². The monoisotopic (exact) mass is 214 g/mol. The zero-order valence-corrected chi connectivity index (χ0v) is 7.81. The highest BCUT2D eigenvalue weighted by Crippen LogP contribution is 2.18. The molecule has 0 amide bonds. The van der Waals surface area contributed by atoms with Crippen molar-refractivity contribution in [3.63, 3.8) is 0 Å². The van der Waals surface area contributed by atoms with E-state index in [-0.39, 0.29) is 5.03 Å². The Hall–Kier alpha value is -1.40. The molecule has 0 aliphatic carbocycles. The first kappa shape index (κ1) is 9.17. The molecule has 6 heteroatoms. The minimum Gasteiger partial charge on any atom is -0.345 e. The number of halogens is 1. The van der Waals surface area contributed by atoms with Crippen LogP contribution in [0.5, 0.6) is 0 Å². The quantitative estimate of drug-likeness (QED) is 0.741. The maximum atomic E-state index is 12.7. The Morgan fingerprint density at radius 1 is 1.29 bits per heavy atom. The molecular formula is C8H7FN2O2S. The first-order valence-corrected chi connectivity index (χ1v) is 5.32. The summed E-state index contributed by atoms with van der Waals surface area (Å²) in [5, 5.41) is 5.27. The summed E-state index contributed by atoms with van der Waals surface area (Å²) in [4.78, 5) is 2.58. The highest BCUT2D eigenvalue weighted by atomic mass is 32.2. The molecule has 2 rings (SSSR count). The van der Waals surface area contributed by atoms with Crippen molar-refractivity contribution in [1.82, 2.24) is 4.98 Å². The zero-order chi connectivity index (χ0) is 10.3. The van der Waals surface area contributed by atoms with Crippen LogP contribution >= 0.6 is 0 Å². The molecule has 0 saturated heterocycles. The van der Waals surface area contributed by atoms with Gasteiger partial charge in [0.15, 0.2) is 0 Å². The van der Waals surface area contributed by atoms with Crippen LogP contribution in [0.25, 0.3) is 10.9 Å². The molecule has 1 heterocycles. The number of nitrogens with one attached hydrogen (secondary N) is 1. The molecular weight excluding hydrogens is 207 g/mol. The number of aromatic nitrogens is 1. The molecule has 74 valence electrons. The van der Waals surface area contributed by atoms with Crippen molar-refractivity contribution in [3.8, 4) is 0 Å². The second-order valence-corrected chi connectivity index (χ2v) is 4.44. The highest BCUT2D eigenvalue weighted by molar-refractivity contribution is 7.89. The fourth-order valence-electron chi connectivity index (χ4n) is 1.23. The number of hydrogen-bond donors (Lipinski definition) is 2. The van der Waals surface area contributed by atoms with Gasteiger partial charge in [0.2, 0.25) is 0 Å². The number of nitrogens with two attached hydrogens (primary N) is 1. The van der Waals surface area contributed by atoms with Gasteiger partial charge < -0.3 is 4.98 Å². The number of benzene rings is 1. The Morgan fingerprint density at radius 3 is 2.64 bits per heavy atom. The van der Waals surface area contributed by atoms with E-state index < -0.39 is 15.8 Å². The average molecular weight is 214 g/mol. The Labute approximate surface area is 79.6 Å². The lowest BCUT2D eigenvalue weighted by molar-refractivity contribution is 0.595. The van der Waals surface area contributed by atoms with Crippen LogP contribution in [0.3, 0.4) is 0 Å². The third-order valence-corrected chi connectivity index (χ3v) is 2.70. The second kappa shape index (κ2) is 2.79. The van der Waals surface area contributed by atoms with Crippen molar-refractivity contribution < 1.29 is 12.8 Å². The van der Waals surface area contributed by atoms with E-state index in [9.17, 15) is 12.8 Å². The van der Waals surface area contributed by atoms with Crippen LogP contribution in [-0.2, 0) is 10.0 Å². The van der Waals surface area contributed by atoms with Crippen LogP contribution in [0.15, 0.2) is 29.3 Å². The van der Waals surface area contributed by atoms with E-state index in [0.29, 0.717) is 10.9 Å². The van der Waals surface area contributed by atoms with Crippen molar-refractivity contribution >= 4 is 20.9 Å². The van der Waals surface area contributed by atoms with Gasteiger partial charge in [0.1, 0.15) is 10.8 Å². The van der Waals surface area contributed by atoms with Gasteiger partial charge in [0.05, 0.1) is 0 Å². The number of H-pyrrole nitrogens is 1. The fourth-order valence-corrected chi connectivity index (χ4v) is 1.77. The van der Waals surface area contributed by atoms with E-state index in [1.807, 2.05) is 0 Å². The van der Waals surface area contributed by atoms with E-state index >= 15 is 0 Å². The normalized spacial score (nSPS) is 12.1. The summed E-state index contributed by atoms with van der Waals surface area (Å²) in [7, 11) is -3.76. The SMILES string of the molecule is NS(=O)(=O)c1cc2cc(F)ccc2[nH]1. The summed E-state index contributed by atoms with van der Waals surface area (Å²) in [6, 6.07) is 5.24. The molecule has 4 nitrogen and oxygen atoms in total. The van der Waals surface area contributed by atoms with Crippen LogP contribution in [0.2, 0.25) is 0 Å². The summed E-state index contributed by atoms with van der Waals surface area (Å²) in [5.41, 5.74) is 0.537. The van der Waals surface area contributed by atoms with Crippen LogP contribution in [0.1, 0.15) is 0 Å². The Morgan fingerprint density at radius 2 is 2.00 bits per heavy atom. The Balaban J connectivity index is 2.75. The molecule has 3 N–H and O–H groups in total. The summed E-state index contributed by atoms with van der Waals surface area (Å²) < 4.78 is 34.6. The predicted molar refractivity (Wildman–Crippen MR) is 49.6 cm³/mol. The summed E-state index contributed by atoms with van der Waals surface area (Å²) in [6.45, 7) is 0. The van der Waals surface area contributed by atoms with Crippen LogP contribution in [0, 0.1) is 5.82 Å². The fraction of sp³-hybridized carbons (Fsp3) is 0. The molecule has 1 aromatic carbocycles. The zero-order valence-electron chi connectivity index (χ0n) is 6.99. The van der Waals surface area contributed by atoms with E-state index in [0.717, 1.165) is 0 Å².